The number of rotatable bonds is 4. The molecule has 0 spiro atoms. The van der Waals surface area contributed by atoms with Gasteiger partial charge in [0.1, 0.15) is 6.61 Å². The molecule has 0 heterocycles. The minimum atomic E-state index is -1.42. The number of carbonyl (C=O) groups is 3. The zero-order chi connectivity index (χ0) is 21.9. The van der Waals surface area contributed by atoms with E-state index in [1.807, 2.05) is 19.9 Å². The molecule has 0 bridgehead atoms. The highest BCUT2D eigenvalue weighted by atomic mass is 16.6. The Kier molecular flexibility index (Phi) is 4.94. The molecule has 0 aliphatic heterocycles. The van der Waals surface area contributed by atoms with Crippen molar-refractivity contribution in [1.82, 2.24) is 0 Å². The van der Waals surface area contributed by atoms with E-state index in [0.29, 0.717) is 19.3 Å². The first-order valence-corrected chi connectivity index (χ1v) is 10.8. The van der Waals surface area contributed by atoms with Crippen LogP contribution in [0.1, 0.15) is 59.3 Å². The number of Topliss-reactive ketones (excluding diaryl/α,β-unsaturated/α-hetero) is 1. The average Bonchev–Trinajstić information content (AvgIpc) is 3.00. The van der Waals surface area contributed by atoms with Gasteiger partial charge in [-0.3, -0.25) is 14.4 Å². The van der Waals surface area contributed by atoms with Gasteiger partial charge in [0.05, 0.1) is 6.10 Å². The fraction of sp³-hybridized carbons (Fsp3) is 0.625. The molecule has 30 heavy (non-hydrogen) atoms. The molecule has 6 heteroatoms. The van der Waals surface area contributed by atoms with Crippen LogP contribution >= 0.6 is 0 Å². The maximum Gasteiger partial charge on any atom is 0.306 e. The topological polar surface area (TPSA) is 101 Å². The van der Waals surface area contributed by atoms with Crippen molar-refractivity contribution in [1.29, 1.82) is 0 Å². The summed E-state index contributed by atoms with van der Waals surface area (Å²) in [6.45, 7) is 4.94. The number of hydrogen-bond acceptors (Lipinski definition) is 6. The van der Waals surface area contributed by atoms with Crippen molar-refractivity contribution in [2.75, 3.05) is 6.61 Å². The summed E-state index contributed by atoms with van der Waals surface area (Å²) in [7, 11) is 0. The van der Waals surface area contributed by atoms with E-state index in [-0.39, 0.29) is 24.5 Å². The molecule has 6 nitrogen and oxygen atoms in total. The Balaban J connectivity index is 1.84. The van der Waals surface area contributed by atoms with Gasteiger partial charge in [0.2, 0.25) is 5.78 Å². The van der Waals surface area contributed by atoms with E-state index in [1.54, 1.807) is 19.1 Å². The Morgan fingerprint density at radius 1 is 1.27 bits per heavy atom. The van der Waals surface area contributed by atoms with Crippen molar-refractivity contribution in [3.8, 4) is 0 Å². The van der Waals surface area contributed by atoms with Gasteiger partial charge < -0.3 is 14.9 Å². The lowest BCUT2D eigenvalue weighted by Gasteiger charge is -2.53. The van der Waals surface area contributed by atoms with Gasteiger partial charge in [-0.2, -0.15) is 0 Å². The highest BCUT2D eigenvalue weighted by Gasteiger charge is 2.67. The maximum absolute atomic E-state index is 13.0. The molecule has 0 amide bonds. The SMILES string of the molecule is CCC(=O)O[C@]1(C(=O)CO)CC[C@H]2C3=C(C(O)C[C@@]21C)[C@@]1(C)C=CC(=O)C=C1CC3. The predicted molar refractivity (Wildman–Crippen MR) is 109 cm³/mol. The van der Waals surface area contributed by atoms with E-state index in [1.165, 1.54) is 0 Å². The summed E-state index contributed by atoms with van der Waals surface area (Å²) in [5, 5.41) is 21.1. The average molecular weight is 414 g/mol. The summed E-state index contributed by atoms with van der Waals surface area (Å²) in [4.78, 5) is 37.1. The van der Waals surface area contributed by atoms with Gasteiger partial charge in [0, 0.05) is 17.3 Å². The van der Waals surface area contributed by atoms with Gasteiger partial charge in [0.15, 0.2) is 11.4 Å². The molecule has 2 N–H and O–H groups in total. The van der Waals surface area contributed by atoms with Crippen LogP contribution in [0.3, 0.4) is 0 Å². The third kappa shape index (κ3) is 2.66. The standard InChI is InChI=1S/C24H30O6/c1-4-20(29)30-24(19(28)13-25)10-8-17-16-6-5-14-11-15(26)7-9-22(14,2)21(16)18(27)12-23(17,24)3/h7,9,11,17-18,25,27H,4-6,8,10,12-13H2,1-3H3/t17-,18?,22-,23-,24-/m0/s1. The fourth-order valence-electron chi connectivity index (χ4n) is 6.66. The first-order chi connectivity index (χ1) is 14.1. The molecule has 4 aliphatic rings. The maximum atomic E-state index is 13.0. The summed E-state index contributed by atoms with van der Waals surface area (Å²) in [5.74, 6) is -1.01. The molecular formula is C24H30O6. The van der Waals surface area contributed by atoms with Gasteiger partial charge in [-0.1, -0.05) is 31.1 Å². The van der Waals surface area contributed by atoms with Gasteiger partial charge in [-0.15, -0.1) is 0 Å². The van der Waals surface area contributed by atoms with Crippen LogP contribution in [0.4, 0.5) is 0 Å². The molecule has 1 fully saturated rings. The van der Waals surface area contributed by atoms with Crippen LogP contribution in [0.15, 0.2) is 34.9 Å². The number of esters is 1. The highest BCUT2D eigenvalue weighted by Crippen LogP contribution is 2.65. The molecule has 5 atom stereocenters. The van der Waals surface area contributed by atoms with Crippen molar-refractivity contribution in [2.24, 2.45) is 16.7 Å². The third-order valence-corrected chi connectivity index (χ3v) is 8.15. The molecule has 162 valence electrons. The van der Waals surface area contributed by atoms with Crippen molar-refractivity contribution < 1.29 is 29.3 Å². The Hall–Kier alpha value is -2.05. The number of fused-ring (bicyclic) bond motifs is 4. The lowest BCUT2D eigenvalue weighted by Crippen LogP contribution is -2.58. The van der Waals surface area contributed by atoms with E-state index < -0.39 is 40.9 Å². The van der Waals surface area contributed by atoms with Crippen LogP contribution in [-0.4, -0.2) is 46.1 Å². The molecule has 0 aromatic rings. The number of ketones is 2. The summed E-state index contributed by atoms with van der Waals surface area (Å²) in [6.07, 6.45) is 7.16. The van der Waals surface area contributed by atoms with E-state index in [2.05, 4.69) is 0 Å². The largest absolute Gasteiger partial charge is 0.450 e. The van der Waals surface area contributed by atoms with Crippen LogP contribution in [-0.2, 0) is 19.1 Å². The second kappa shape index (κ2) is 6.99. The first-order valence-electron chi connectivity index (χ1n) is 10.8. The van der Waals surface area contributed by atoms with Crippen LogP contribution < -0.4 is 0 Å². The molecule has 0 aromatic carbocycles. The lowest BCUT2D eigenvalue weighted by molar-refractivity contribution is -0.185. The zero-order valence-electron chi connectivity index (χ0n) is 17.9. The summed E-state index contributed by atoms with van der Waals surface area (Å²) in [6, 6.07) is 0. The molecule has 4 aliphatic carbocycles. The summed E-state index contributed by atoms with van der Waals surface area (Å²) >= 11 is 0. The van der Waals surface area contributed by atoms with E-state index >= 15 is 0 Å². The summed E-state index contributed by atoms with van der Waals surface area (Å²) < 4.78 is 5.79. The molecule has 1 unspecified atom stereocenters. The minimum absolute atomic E-state index is 0.0263. The van der Waals surface area contributed by atoms with Crippen LogP contribution in [0, 0.1) is 16.7 Å². The van der Waals surface area contributed by atoms with Gasteiger partial charge in [0.25, 0.3) is 0 Å². The van der Waals surface area contributed by atoms with Crippen molar-refractivity contribution >= 4 is 17.5 Å². The molecule has 4 rings (SSSR count). The Morgan fingerprint density at radius 2 is 2.00 bits per heavy atom. The zero-order valence-corrected chi connectivity index (χ0v) is 17.9. The second-order valence-corrected chi connectivity index (χ2v) is 9.51. The van der Waals surface area contributed by atoms with Crippen molar-refractivity contribution in [2.45, 2.75) is 71.0 Å². The van der Waals surface area contributed by atoms with Crippen LogP contribution in [0.2, 0.25) is 0 Å². The Labute approximate surface area is 176 Å². The quantitative estimate of drug-likeness (QED) is 0.542. The number of ether oxygens (including phenoxy) is 1. The number of aliphatic hydroxyl groups is 2. The van der Waals surface area contributed by atoms with Crippen LogP contribution in [0.25, 0.3) is 0 Å². The Morgan fingerprint density at radius 3 is 2.67 bits per heavy atom. The lowest BCUT2D eigenvalue weighted by atomic mass is 9.52. The van der Waals surface area contributed by atoms with Gasteiger partial charge in [-0.05, 0) is 62.7 Å². The van der Waals surface area contributed by atoms with E-state index in [9.17, 15) is 24.6 Å². The fourth-order valence-corrected chi connectivity index (χ4v) is 6.66. The van der Waals surface area contributed by atoms with Gasteiger partial charge in [-0.25, -0.2) is 0 Å². The predicted octanol–water partition coefficient (Wildman–Crippen LogP) is 2.58. The molecular weight excluding hydrogens is 384 g/mol. The van der Waals surface area contributed by atoms with Crippen molar-refractivity contribution in [3.05, 3.63) is 34.9 Å². The first kappa shape index (κ1) is 21.2. The number of aliphatic hydroxyl groups excluding tert-OH is 2. The molecule has 1 saturated carbocycles. The highest BCUT2D eigenvalue weighted by molar-refractivity contribution is 6.01. The third-order valence-electron chi connectivity index (χ3n) is 8.15. The smallest absolute Gasteiger partial charge is 0.306 e. The number of carbonyl (C=O) groups excluding carboxylic acids is 3. The van der Waals surface area contributed by atoms with Gasteiger partial charge >= 0.3 is 5.97 Å². The van der Waals surface area contributed by atoms with Crippen LogP contribution in [0.5, 0.6) is 0 Å². The Bertz CT molecular complexity index is 911. The normalized spacial score (nSPS) is 39.8. The molecule has 0 radical (unpaired) electrons. The second-order valence-electron chi connectivity index (χ2n) is 9.51. The van der Waals surface area contributed by atoms with E-state index in [0.717, 1.165) is 23.1 Å². The number of hydrogen-bond donors (Lipinski definition) is 2. The molecule has 0 aromatic heterocycles. The summed E-state index contributed by atoms with van der Waals surface area (Å²) in [5.41, 5.74) is 0.352. The van der Waals surface area contributed by atoms with Crippen molar-refractivity contribution in [3.63, 3.8) is 0 Å². The minimum Gasteiger partial charge on any atom is -0.450 e. The molecule has 0 saturated heterocycles. The number of allylic oxidation sites excluding steroid dienone is 5. The van der Waals surface area contributed by atoms with E-state index in [4.69, 9.17) is 4.74 Å². The monoisotopic (exact) mass is 414 g/mol.